The number of halogens is 1. The quantitative estimate of drug-likeness (QED) is 0.378. The van der Waals surface area contributed by atoms with E-state index >= 15 is 0 Å². The molecule has 0 aliphatic carbocycles. The first-order valence-corrected chi connectivity index (χ1v) is 12.2. The highest BCUT2D eigenvalue weighted by molar-refractivity contribution is 6.99. The zero-order valence-electron chi connectivity index (χ0n) is 17.8. The van der Waals surface area contributed by atoms with Crippen LogP contribution < -0.4 is 15.1 Å². The maximum atomic E-state index is 11.6. The van der Waals surface area contributed by atoms with Crippen LogP contribution in [0.2, 0.25) is 5.04 Å². The Kier molecular flexibility index (Phi) is 6.81. The number of carbonyl (C=O) groups is 1. The van der Waals surface area contributed by atoms with Crippen molar-refractivity contribution < 1.29 is 14.0 Å². The highest BCUT2D eigenvalue weighted by Crippen LogP contribution is 2.37. The van der Waals surface area contributed by atoms with Crippen molar-refractivity contribution in [3.8, 4) is 5.75 Å². The van der Waals surface area contributed by atoms with E-state index in [4.69, 9.17) is 20.8 Å². The Bertz CT molecular complexity index is 958. The standard InChI is InChI=1S/C25H27ClO3Si/c1-25(2,3)30(20-11-7-5-8-12-20,21-13-9-6-10-14-21)29-18-19-15-16-22(24(26)27)23(17-19)28-4/h5-17H,18H2,1-4H3. The molecule has 30 heavy (non-hydrogen) atoms. The van der Waals surface area contributed by atoms with Gasteiger partial charge in [-0.05, 0) is 44.7 Å². The minimum Gasteiger partial charge on any atom is -0.496 e. The molecule has 0 bridgehead atoms. The van der Waals surface area contributed by atoms with E-state index in [0.717, 1.165) is 5.56 Å². The second-order valence-corrected chi connectivity index (χ2v) is 12.9. The molecule has 0 saturated heterocycles. The molecular weight excluding hydrogens is 412 g/mol. The lowest BCUT2D eigenvalue weighted by atomic mass is 10.1. The van der Waals surface area contributed by atoms with Crippen LogP contribution in [-0.2, 0) is 11.0 Å². The lowest BCUT2D eigenvalue weighted by Gasteiger charge is -2.43. The van der Waals surface area contributed by atoms with Crippen LogP contribution in [0.4, 0.5) is 0 Å². The van der Waals surface area contributed by atoms with Gasteiger partial charge < -0.3 is 9.16 Å². The molecule has 0 aliphatic rings. The molecule has 0 N–H and O–H groups in total. The molecule has 0 aliphatic heterocycles. The van der Waals surface area contributed by atoms with E-state index in [0.29, 0.717) is 17.9 Å². The van der Waals surface area contributed by atoms with Crippen LogP contribution in [0, 0.1) is 0 Å². The molecule has 0 radical (unpaired) electrons. The lowest BCUT2D eigenvalue weighted by Crippen LogP contribution is -2.66. The van der Waals surface area contributed by atoms with Crippen LogP contribution in [0.25, 0.3) is 0 Å². The highest BCUT2D eigenvalue weighted by Gasteiger charge is 2.50. The maximum Gasteiger partial charge on any atom is 0.261 e. The van der Waals surface area contributed by atoms with Crippen molar-refractivity contribution in [2.75, 3.05) is 7.11 Å². The highest BCUT2D eigenvalue weighted by atomic mass is 35.5. The van der Waals surface area contributed by atoms with Crippen molar-refractivity contribution in [3.63, 3.8) is 0 Å². The normalized spacial score (nSPS) is 11.9. The summed E-state index contributed by atoms with van der Waals surface area (Å²) in [6.45, 7) is 7.14. The molecular formula is C25H27ClO3Si. The zero-order chi connectivity index (χ0) is 21.8. The average Bonchev–Trinajstić information content (AvgIpc) is 2.74. The number of rotatable bonds is 7. The van der Waals surface area contributed by atoms with E-state index in [-0.39, 0.29) is 5.04 Å². The number of methoxy groups -OCH3 is 1. The van der Waals surface area contributed by atoms with Crippen molar-refractivity contribution >= 4 is 35.5 Å². The van der Waals surface area contributed by atoms with Crippen molar-refractivity contribution in [2.24, 2.45) is 0 Å². The van der Waals surface area contributed by atoms with Crippen molar-refractivity contribution in [2.45, 2.75) is 32.4 Å². The fourth-order valence-electron chi connectivity index (χ4n) is 3.94. The number of carbonyl (C=O) groups excluding carboxylic acids is 1. The summed E-state index contributed by atoms with van der Waals surface area (Å²) in [6.07, 6.45) is 0. The first-order valence-electron chi connectivity index (χ1n) is 9.91. The third-order valence-corrected chi connectivity index (χ3v) is 10.5. The molecule has 0 unspecified atom stereocenters. The Morgan fingerprint density at radius 2 is 1.43 bits per heavy atom. The Balaban J connectivity index is 2.07. The third kappa shape index (κ3) is 4.36. The monoisotopic (exact) mass is 438 g/mol. The predicted molar refractivity (Wildman–Crippen MR) is 126 cm³/mol. The van der Waals surface area contributed by atoms with Crippen LogP contribution in [0.15, 0.2) is 78.9 Å². The molecule has 0 heterocycles. The molecule has 3 aromatic rings. The number of hydrogen-bond donors (Lipinski definition) is 0. The van der Waals surface area contributed by atoms with Gasteiger partial charge in [-0.15, -0.1) is 0 Å². The van der Waals surface area contributed by atoms with Gasteiger partial charge in [-0.1, -0.05) is 87.5 Å². The van der Waals surface area contributed by atoms with Gasteiger partial charge >= 0.3 is 0 Å². The number of benzene rings is 3. The van der Waals surface area contributed by atoms with Gasteiger partial charge in [0.15, 0.2) is 0 Å². The predicted octanol–water partition coefficient (Wildman–Crippen LogP) is 5.15. The Morgan fingerprint density at radius 3 is 1.87 bits per heavy atom. The SMILES string of the molecule is COc1cc(CO[Si](c2ccccc2)(c2ccccc2)C(C)(C)C)ccc1C(=O)Cl. The van der Waals surface area contributed by atoms with Gasteiger partial charge in [-0.25, -0.2) is 0 Å². The number of hydrogen-bond acceptors (Lipinski definition) is 3. The molecule has 0 saturated carbocycles. The number of ether oxygens (including phenoxy) is 1. The molecule has 0 spiro atoms. The summed E-state index contributed by atoms with van der Waals surface area (Å²) in [5, 5.41) is 1.81. The third-order valence-electron chi connectivity index (χ3n) is 5.35. The summed E-state index contributed by atoms with van der Waals surface area (Å²) in [5.74, 6) is 0.457. The van der Waals surface area contributed by atoms with Crippen molar-refractivity contribution in [1.29, 1.82) is 0 Å². The molecule has 0 fully saturated rings. The summed E-state index contributed by atoms with van der Waals surface area (Å²) in [7, 11) is -1.10. The minimum atomic E-state index is -2.63. The molecule has 3 rings (SSSR count). The Labute approximate surface area is 184 Å². The maximum absolute atomic E-state index is 11.6. The van der Waals surface area contributed by atoms with Crippen molar-refractivity contribution in [3.05, 3.63) is 90.0 Å². The van der Waals surface area contributed by atoms with E-state index in [1.165, 1.54) is 17.5 Å². The fourth-order valence-corrected chi connectivity index (χ4v) is 8.64. The van der Waals surface area contributed by atoms with Crippen molar-refractivity contribution in [1.82, 2.24) is 0 Å². The zero-order valence-corrected chi connectivity index (χ0v) is 19.6. The average molecular weight is 439 g/mol. The minimum absolute atomic E-state index is 0.105. The van der Waals surface area contributed by atoms with Crippen LogP contribution in [-0.4, -0.2) is 20.7 Å². The fraction of sp³-hybridized carbons (Fsp3) is 0.240. The van der Waals surface area contributed by atoms with Gasteiger partial charge in [0.25, 0.3) is 13.6 Å². The van der Waals surface area contributed by atoms with Gasteiger partial charge in [-0.2, -0.15) is 0 Å². The van der Waals surface area contributed by atoms with Crippen LogP contribution >= 0.6 is 11.6 Å². The van der Waals surface area contributed by atoms with Gasteiger partial charge in [0.2, 0.25) is 0 Å². The molecule has 5 heteroatoms. The van der Waals surface area contributed by atoms with Gasteiger partial charge in [-0.3, -0.25) is 4.79 Å². The second-order valence-electron chi connectivity index (χ2n) is 8.26. The topological polar surface area (TPSA) is 35.5 Å². The van der Waals surface area contributed by atoms with E-state index < -0.39 is 13.6 Å². The molecule has 156 valence electrons. The molecule has 3 nitrogen and oxygen atoms in total. The second kappa shape index (κ2) is 9.17. The van der Waals surface area contributed by atoms with Gasteiger partial charge in [0.1, 0.15) is 5.75 Å². The molecule has 0 aromatic heterocycles. The summed E-state index contributed by atoms with van der Waals surface area (Å²) in [4.78, 5) is 11.6. The summed E-state index contributed by atoms with van der Waals surface area (Å²) < 4.78 is 12.3. The van der Waals surface area contributed by atoms with E-state index in [1.807, 2.05) is 24.3 Å². The molecule has 0 amide bonds. The lowest BCUT2D eigenvalue weighted by molar-refractivity contribution is 0.107. The first-order chi connectivity index (χ1) is 14.3. The van der Waals surface area contributed by atoms with Crippen LogP contribution in [0.1, 0.15) is 36.7 Å². The summed E-state index contributed by atoms with van der Waals surface area (Å²) in [6, 6.07) is 26.4. The Hall–Kier alpha value is -2.40. The molecule has 3 aromatic carbocycles. The largest absolute Gasteiger partial charge is 0.496 e. The smallest absolute Gasteiger partial charge is 0.261 e. The van der Waals surface area contributed by atoms with Gasteiger partial charge in [0, 0.05) is 0 Å². The Morgan fingerprint density at radius 1 is 0.900 bits per heavy atom. The first kappa shape index (κ1) is 22.3. The van der Waals surface area contributed by atoms with E-state index in [9.17, 15) is 4.79 Å². The van der Waals surface area contributed by atoms with E-state index in [1.54, 1.807) is 6.07 Å². The summed E-state index contributed by atoms with van der Waals surface area (Å²) >= 11 is 5.67. The van der Waals surface area contributed by atoms with E-state index in [2.05, 4.69) is 69.3 Å². The summed E-state index contributed by atoms with van der Waals surface area (Å²) in [5.41, 5.74) is 1.29. The van der Waals surface area contributed by atoms with Gasteiger partial charge in [0.05, 0.1) is 19.3 Å². The van der Waals surface area contributed by atoms with Crippen LogP contribution in [0.5, 0.6) is 5.75 Å². The van der Waals surface area contributed by atoms with Crippen LogP contribution in [0.3, 0.4) is 0 Å². The molecule has 0 atom stereocenters.